The van der Waals surface area contributed by atoms with Gasteiger partial charge in [-0.3, -0.25) is 4.79 Å². The number of nitrogens with zero attached hydrogens (tertiary/aromatic N) is 1. The molecule has 32 heavy (non-hydrogen) atoms. The van der Waals surface area contributed by atoms with Crippen molar-refractivity contribution in [3.05, 3.63) is 96.9 Å². The van der Waals surface area contributed by atoms with Gasteiger partial charge in [0.15, 0.2) is 0 Å². The van der Waals surface area contributed by atoms with Gasteiger partial charge in [-0.05, 0) is 84.6 Å². The Morgan fingerprint density at radius 3 is 2.31 bits per heavy atom. The molecule has 7 heteroatoms. The molecule has 1 amide bonds. The van der Waals surface area contributed by atoms with Crippen LogP contribution in [0.2, 0.25) is 10.0 Å². The van der Waals surface area contributed by atoms with Gasteiger partial charge in [-0.2, -0.15) is 5.26 Å². The Bertz CT molecular complexity index is 1210. The maximum Gasteiger partial charge on any atom is 0.266 e. The van der Waals surface area contributed by atoms with Crippen LogP contribution in [-0.2, 0) is 11.4 Å². The van der Waals surface area contributed by atoms with Gasteiger partial charge in [-0.15, -0.1) is 0 Å². The van der Waals surface area contributed by atoms with Crippen molar-refractivity contribution < 1.29 is 9.53 Å². The molecule has 3 aromatic carbocycles. The lowest BCUT2D eigenvalue weighted by atomic mass is 10.0. The van der Waals surface area contributed by atoms with Crippen molar-refractivity contribution in [1.29, 1.82) is 5.26 Å². The van der Waals surface area contributed by atoms with E-state index in [0.29, 0.717) is 22.3 Å². The van der Waals surface area contributed by atoms with Crippen LogP contribution in [0.3, 0.4) is 0 Å². The summed E-state index contributed by atoms with van der Waals surface area (Å²) in [5.41, 5.74) is 4.04. The summed E-state index contributed by atoms with van der Waals surface area (Å²) < 4.78 is 7.04. The van der Waals surface area contributed by atoms with E-state index in [9.17, 15) is 10.1 Å². The average molecular weight is 530 g/mol. The van der Waals surface area contributed by atoms with Crippen LogP contribution in [0.25, 0.3) is 6.08 Å². The van der Waals surface area contributed by atoms with E-state index in [0.717, 1.165) is 32.5 Å². The van der Waals surface area contributed by atoms with Crippen LogP contribution in [0.4, 0.5) is 5.69 Å². The van der Waals surface area contributed by atoms with Gasteiger partial charge in [0.05, 0.1) is 10.0 Å². The molecule has 0 aromatic heterocycles. The summed E-state index contributed by atoms with van der Waals surface area (Å²) >= 11 is 15.3. The van der Waals surface area contributed by atoms with Crippen molar-refractivity contribution in [2.75, 3.05) is 5.32 Å². The molecule has 0 spiro atoms. The molecule has 0 aliphatic heterocycles. The highest BCUT2D eigenvalue weighted by Gasteiger charge is 2.12. The van der Waals surface area contributed by atoms with Crippen LogP contribution in [0.1, 0.15) is 22.3 Å². The number of nitriles is 1. The zero-order valence-corrected chi connectivity index (χ0v) is 20.5. The topological polar surface area (TPSA) is 62.1 Å². The Morgan fingerprint density at radius 1 is 1.06 bits per heavy atom. The number of amides is 1. The van der Waals surface area contributed by atoms with Crippen molar-refractivity contribution in [2.45, 2.75) is 20.5 Å². The average Bonchev–Trinajstić information content (AvgIpc) is 2.75. The largest absolute Gasteiger partial charge is 0.488 e. The third-order valence-electron chi connectivity index (χ3n) is 4.63. The van der Waals surface area contributed by atoms with Crippen LogP contribution >= 0.6 is 39.1 Å². The molecule has 0 bridgehead atoms. The zero-order valence-electron chi connectivity index (χ0n) is 17.4. The lowest BCUT2D eigenvalue weighted by Gasteiger charge is -2.13. The van der Waals surface area contributed by atoms with Gasteiger partial charge in [-0.25, -0.2) is 0 Å². The van der Waals surface area contributed by atoms with Crippen molar-refractivity contribution in [1.82, 2.24) is 0 Å². The first kappa shape index (κ1) is 23.9. The molecule has 4 nitrogen and oxygen atoms in total. The van der Waals surface area contributed by atoms with Gasteiger partial charge in [0, 0.05) is 10.2 Å². The molecule has 162 valence electrons. The smallest absolute Gasteiger partial charge is 0.266 e. The monoisotopic (exact) mass is 528 g/mol. The SMILES string of the molecule is Cc1cc(/C=C(\C#N)C(=O)Nc2ccc(Cl)c(Cl)c2)cc(C)c1OCc1ccc(Br)cc1. The van der Waals surface area contributed by atoms with Crippen LogP contribution in [-0.4, -0.2) is 5.91 Å². The quantitative estimate of drug-likeness (QED) is 0.265. The molecule has 0 saturated heterocycles. The van der Waals surface area contributed by atoms with Crippen molar-refractivity contribution in [3.63, 3.8) is 0 Å². The Balaban J connectivity index is 1.77. The highest BCUT2D eigenvalue weighted by atomic mass is 79.9. The van der Waals surface area contributed by atoms with Crippen LogP contribution in [0.5, 0.6) is 5.75 Å². The van der Waals surface area contributed by atoms with E-state index in [1.54, 1.807) is 18.2 Å². The third-order valence-corrected chi connectivity index (χ3v) is 5.90. The Morgan fingerprint density at radius 2 is 1.72 bits per heavy atom. The minimum atomic E-state index is -0.531. The second kappa shape index (κ2) is 10.7. The lowest BCUT2D eigenvalue weighted by Crippen LogP contribution is -2.13. The fourth-order valence-electron chi connectivity index (χ4n) is 3.12. The Kier molecular flexibility index (Phi) is 7.98. The third kappa shape index (κ3) is 6.14. The van der Waals surface area contributed by atoms with Crippen molar-refractivity contribution >= 4 is 56.8 Å². The summed E-state index contributed by atoms with van der Waals surface area (Å²) in [5.74, 6) is 0.251. The first-order chi connectivity index (χ1) is 15.3. The second-order valence-corrected chi connectivity index (χ2v) is 8.88. The number of aryl methyl sites for hydroxylation is 2. The summed E-state index contributed by atoms with van der Waals surface area (Å²) in [5, 5.41) is 12.9. The Labute approximate surface area is 205 Å². The van der Waals surface area contributed by atoms with E-state index in [1.165, 1.54) is 6.07 Å². The summed E-state index contributed by atoms with van der Waals surface area (Å²) in [7, 11) is 0. The lowest BCUT2D eigenvalue weighted by molar-refractivity contribution is -0.112. The molecule has 0 fully saturated rings. The number of rotatable bonds is 6. The number of ether oxygens (including phenoxy) is 1. The van der Waals surface area contributed by atoms with Gasteiger partial charge in [0.1, 0.15) is 24.0 Å². The molecule has 0 saturated carbocycles. The minimum absolute atomic E-state index is 0.0293. The normalized spacial score (nSPS) is 11.1. The van der Waals surface area contributed by atoms with E-state index in [2.05, 4.69) is 21.2 Å². The van der Waals surface area contributed by atoms with Gasteiger partial charge in [-0.1, -0.05) is 51.3 Å². The van der Waals surface area contributed by atoms with E-state index in [-0.39, 0.29) is 5.57 Å². The number of carbonyl (C=O) groups excluding carboxylic acids is 1. The first-order valence-corrected chi connectivity index (χ1v) is 11.2. The number of anilines is 1. The van der Waals surface area contributed by atoms with Crippen LogP contribution in [0.15, 0.2) is 64.6 Å². The minimum Gasteiger partial charge on any atom is -0.488 e. The molecule has 3 rings (SSSR count). The highest BCUT2D eigenvalue weighted by Crippen LogP contribution is 2.28. The number of hydrogen-bond donors (Lipinski definition) is 1. The van der Waals surface area contributed by atoms with Gasteiger partial charge >= 0.3 is 0 Å². The van der Waals surface area contributed by atoms with E-state index >= 15 is 0 Å². The first-order valence-electron chi connectivity index (χ1n) is 9.63. The second-order valence-electron chi connectivity index (χ2n) is 7.15. The number of benzene rings is 3. The van der Waals surface area contributed by atoms with E-state index < -0.39 is 5.91 Å². The van der Waals surface area contributed by atoms with E-state index in [4.69, 9.17) is 27.9 Å². The molecule has 0 unspecified atom stereocenters. The van der Waals surface area contributed by atoms with Gasteiger partial charge in [0.25, 0.3) is 5.91 Å². The number of hydrogen-bond acceptors (Lipinski definition) is 3. The maximum absolute atomic E-state index is 12.6. The summed E-state index contributed by atoms with van der Waals surface area (Å²) in [6.45, 7) is 4.31. The molecule has 0 aliphatic rings. The number of halogens is 3. The van der Waals surface area contributed by atoms with Gasteiger partial charge < -0.3 is 10.1 Å². The van der Waals surface area contributed by atoms with Crippen LogP contribution < -0.4 is 10.1 Å². The molecule has 1 N–H and O–H groups in total. The summed E-state index contributed by atoms with van der Waals surface area (Å²) in [4.78, 5) is 12.6. The summed E-state index contributed by atoms with van der Waals surface area (Å²) in [6, 6.07) is 18.4. The fourth-order valence-corrected chi connectivity index (χ4v) is 3.68. The number of carbonyl (C=O) groups is 1. The molecule has 0 radical (unpaired) electrons. The van der Waals surface area contributed by atoms with Crippen molar-refractivity contribution in [2.24, 2.45) is 0 Å². The maximum atomic E-state index is 12.6. The molecule has 0 aliphatic carbocycles. The van der Waals surface area contributed by atoms with Crippen molar-refractivity contribution in [3.8, 4) is 11.8 Å². The highest BCUT2D eigenvalue weighted by molar-refractivity contribution is 9.10. The van der Waals surface area contributed by atoms with E-state index in [1.807, 2.05) is 56.3 Å². The zero-order chi connectivity index (χ0) is 23.3. The predicted molar refractivity (Wildman–Crippen MR) is 133 cm³/mol. The molecule has 0 atom stereocenters. The Hall–Kier alpha value is -2.78. The standard InChI is InChI=1S/C25H19BrCl2N2O2/c1-15-9-18(10-16(2)24(15)32-14-17-3-5-20(26)6-4-17)11-19(13-29)25(31)30-21-7-8-22(27)23(28)12-21/h3-12H,14H2,1-2H3,(H,30,31)/b19-11+. The van der Waals surface area contributed by atoms with Crippen LogP contribution in [0, 0.1) is 25.2 Å². The number of nitrogens with one attached hydrogen (secondary N) is 1. The molecule has 3 aromatic rings. The predicted octanol–water partition coefficient (Wildman–Crippen LogP) is 7.50. The summed E-state index contributed by atoms with van der Waals surface area (Å²) in [6.07, 6.45) is 1.55. The molecule has 0 heterocycles. The molecular formula is C25H19BrCl2N2O2. The molecular weight excluding hydrogens is 511 g/mol. The fraction of sp³-hybridized carbons (Fsp3) is 0.120. The van der Waals surface area contributed by atoms with Gasteiger partial charge in [0.2, 0.25) is 0 Å².